The minimum absolute atomic E-state index is 0.155. The minimum Gasteiger partial charge on any atom is -0.465 e. The Kier molecular flexibility index (Phi) is 12.3. The van der Waals surface area contributed by atoms with Gasteiger partial charge >= 0.3 is 12.1 Å². The Balaban J connectivity index is 4.19. The van der Waals surface area contributed by atoms with Crippen molar-refractivity contribution in [1.29, 1.82) is 0 Å². The Morgan fingerprint density at radius 2 is 1.59 bits per heavy atom. The molecule has 0 aliphatic heterocycles. The third-order valence-corrected chi connectivity index (χ3v) is 3.95. The van der Waals surface area contributed by atoms with Crippen molar-refractivity contribution in [1.82, 2.24) is 9.80 Å². The molecule has 0 unspecified atom stereocenters. The zero-order valence-corrected chi connectivity index (χ0v) is 18.5. The van der Waals surface area contributed by atoms with Crippen LogP contribution in [0.25, 0.3) is 0 Å². The van der Waals surface area contributed by atoms with Crippen molar-refractivity contribution in [3.8, 4) is 0 Å². The summed E-state index contributed by atoms with van der Waals surface area (Å²) in [6.45, 7) is 14.0. The van der Waals surface area contributed by atoms with E-state index in [-0.39, 0.29) is 24.0 Å². The average Bonchev–Trinajstić information content (AvgIpc) is 2.52. The van der Waals surface area contributed by atoms with Crippen LogP contribution >= 0.6 is 0 Å². The lowest BCUT2D eigenvalue weighted by Gasteiger charge is -2.29. The number of amides is 1. The third kappa shape index (κ3) is 11.9. The zero-order valence-electron chi connectivity index (χ0n) is 18.5. The van der Waals surface area contributed by atoms with E-state index >= 15 is 0 Å². The number of likely N-dealkylation sites (N-methyl/N-ethyl adjacent to an activating group) is 2. The predicted octanol–water partition coefficient (Wildman–Crippen LogP) is 3.17. The van der Waals surface area contributed by atoms with Gasteiger partial charge in [-0.3, -0.25) is 9.69 Å². The van der Waals surface area contributed by atoms with Crippen LogP contribution in [0.15, 0.2) is 0 Å². The van der Waals surface area contributed by atoms with Crippen LogP contribution in [0.1, 0.15) is 54.4 Å². The molecule has 0 aromatic rings. The zero-order chi connectivity index (χ0) is 21.0. The van der Waals surface area contributed by atoms with Crippen molar-refractivity contribution >= 4 is 12.1 Å². The highest BCUT2D eigenvalue weighted by Crippen LogP contribution is 2.12. The maximum absolute atomic E-state index is 12.3. The summed E-state index contributed by atoms with van der Waals surface area (Å²) in [5.74, 6) is -0.0203. The van der Waals surface area contributed by atoms with E-state index in [1.54, 1.807) is 7.05 Å². The Labute approximate surface area is 165 Å². The number of carbonyl (C=O) groups is 2. The molecule has 0 saturated carbocycles. The standard InChI is InChI=1S/C20H40N2O5/c1-9-10-13-26-18(23)17(16(2)3)21(7)11-14-25-15-12-22(8)19(24)27-20(4,5)6/h16-17H,9-15H2,1-8H3/t17-/m0/s1. The number of rotatable bonds is 12. The summed E-state index contributed by atoms with van der Waals surface area (Å²) in [5.41, 5.74) is -0.507. The second kappa shape index (κ2) is 12.9. The van der Waals surface area contributed by atoms with Crippen LogP contribution in [0.2, 0.25) is 0 Å². The summed E-state index contributed by atoms with van der Waals surface area (Å²) in [6.07, 6.45) is 1.52. The van der Waals surface area contributed by atoms with Crippen molar-refractivity contribution in [2.24, 2.45) is 5.92 Å². The molecule has 0 fully saturated rings. The van der Waals surface area contributed by atoms with E-state index in [1.165, 1.54) is 4.90 Å². The smallest absolute Gasteiger partial charge is 0.410 e. The number of hydrogen-bond donors (Lipinski definition) is 0. The van der Waals surface area contributed by atoms with E-state index < -0.39 is 5.60 Å². The Morgan fingerprint density at radius 1 is 1.00 bits per heavy atom. The molecule has 0 radical (unpaired) electrons. The van der Waals surface area contributed by atoms with Gasteiger partial charge in [0, 0.05) is 20.1 Å². The first kappa shape index (κ1) is 25.7. The van der Waals surface area contributed by atoms with Gasteiger partial charge in [-0.2, -0.15) is 0 Å². The van der Waals surface area contributed by atoms with Crippen LogP contribution in [0.4, 0.5) is 4.79 Å². The van der Waals surface area contributed by atoms with Crippen molar-refractivity contribution in [3.05, 3.63) is 0 Å². The lowest BCUT2D eigenvalue weighted by Crippen LogP contribution is -2.45. The van der Waals surface area contributed by atoms with Crippen LogP contribution in [0, 0.1) is 5.92 Å². The summed E-state index contributed by atoms with van der Waals surface area (Å²) in [4.78, 5) is 27.6. The SMILES string of the molecule is CCCCOC(=O)[C@H](C(C)C)N(C)CCOCCN(C)C(=O)OC(C)(C)C. The van der Waals surface area contributed by atoms with Crippen LogP contribution in [-0.4, -0.2) is 80.5 Å². The molecule has 0 aliphatic carbocycles. The summed E-state index contributed by atoms with van der Waals surface area (Å²) in [5, 5.41) is 0. The number of hydrogen-bond acceptors (Lipinski definition) is 6. The number of nitrogens with zero attached hydrogens (tertiary/aromatic N) is 2. The van der Waals surface area contributed by atoms with E-state index in [0.717, 1.165) is 12.8 Å². The first-order valence-corrected chi connectivity index (χ1v) is 9.88. The third-order valence-electron chi connectivity index (χ3n) is 3.95. The average molecular weight is 389 g/mol. The van der Waals surface area contributed by atoms with E-state index in [9.17, 15) is 9.59 Å². The highest BCUT2D eigenvalue weighted by Gasteiger charge is 2.27. The topological polar surface area (TPSA) is 68.3 Å². The molecule has 0 saturated heterocycles. The van der Waals surface area contributed by atoms with Crippen molar-refractivity contribution in [2.45, 2.75) is 66.0 Å². The van der Waals surface area contributed by atoms with Gasteiger partial charge in [0.15, 0.2) is 0 Å². The lowest BCUT2D eigenvalue weighted by molar-refractivity contribution is -0.151. The van der Waals surface area contributed by atoms with Gasteiger partial charge in [-0.05, 0) is 40.2 Å². The van der Waals surface area contributed by atoms with Gasteiger partial charge in [-0.25, -0.2) is 4.79 Å². The molecule has 0 aromatic carbocycles. The quantitative estimate of drug-likeness (QED) is 0.378. The normalized spacial score (nSPS) is 13.0. The maximum atomic E-state index is 12.3. The first-order chi connectivity index (χ1) is 12.5. The largest absolute Gasteiger partial charge is 0.465 e. The highest BCUT2D eigenvalue weighted by atomic mass is 16.6. The summed E-state index contributed by atoms with van der Waals surface area (Å²) in [6, 6.07) is -0.283. The lowest BCUT2D eigenvalue weighted by atomic mass is 10.0. The number of esters is 1. The van der Waals surface area contributed by atoms with E-state index in [0.29, 0.717) is 32.9 Å². The Bertz CT molecular complexity index is 435. The van der Waals surface area contributed by atoms with Crippen molar-refractivity contribution in [3.63, 3.8) is 0 Å². The molecular weight excluding hydrogens is 348 g/mol. The second-order valence-electron chi connectivity index (χ2n) is 8.20. The van der Waals surface area contributed by atoms with Gasteiger partial charge in [-0.15, -0.1) is 0 Å². The molecule has 0 heterocycles. The first-order valence-electron chi connectivity index (χ1n) is 9.88. The molecule has 7 nitrogen and oxygen atoms in total. The van der Waals surface area contributed by atoms with Gasteiger partial charge in [0.25, 0.3) is 0 Å². The maximum Gasteiger partial charge on any atom is 0.410 e. The molecule has 0 N–H and O–H groups in total. The van der Waals surface area contributed by atoms with Crippen LogP contribution in [0.5, 0.6) is 0 Å². The van der Waals surface area contributed by atoms with Gasteiger partial charge in [-0.1, -0.05) is 27.2 Å². The van der Waals surface area contributed by atoms with Crippen molar-refractivity contribution < 1.29 is 23.8 Å². The second-order valence-corrected chi connectivity index (χ2v) is 8.20. The molecule has 0 aromatic heterocycles. The Morgan fingerprint density at radius 3 is 2.11 bits per heavy atom. The molecule has 0 spiro atoms. The highest BCUT2D eigenvalue weighted by molar-refractivity contribution is 5.76. The van der Waals surface area contributed by atoms with Gasteiger partial charge in [0.2, 0.25) is 0 Å². The molecule has 7 heteroatoms. The predicted molar refractivity (Wildman–Crippen MR) is 107 cm³/mol. The Hall–Kier alpha value is -1.34. The number of ether oxygens (including phenoxy) is 3. The van der Waals surface area contributed by atoms with E-state index in [4.69, 9.17) is 14.2 Å². The van der Waals surface area contributed by atoms with Crippen LogP contribution < -0.4 is 0 Å². The fourth-order valence-corrected chi connectivity index (χ4v) is 2.45. The molecule has 27 heavy (non-hydrogen) atoms. The van der Waals surface area contributed by atoms with Crippen molar-refractivity contribution in [2.75, 3.05) is 47.0 Å². The number of unbranched alkanes of at least 4 members (excludes halogenated alkanes) is 1. The fourth-order valence-electron chi connectivity index (χ4n) is 2.45. The molecule has 1 atom stereocenters. The monoisotopic (exact) mass is 388 g/mol. The van der Waals surface area contributed by atoms with Gasteiger partial charge < -0.3 is 19.1 Å². The summed E-state index contributed by atoms with van der Waals surface area (Å²) >= 11 is 0. The van der Waals surface area contributed by atoms with Gasteiger partial charge in [0.05, 0.1) is 19.8 Å². The van der Waals surface area contributed by atoms with E-state index in [1.807, 2.05) is 46.6 Å². The molecule has 1 amide bonds. The minimum atomic E-state index is -0.507. The molecule has 0 bridgehead atoms. The van der Waals surface area contributed by atoms with Crippen LogP contribution in [0.3, 0.4) is 0 Å². The van der Waals surface area contributed by atoms with E-state index in [2.05, 4.69) is 6.92 Å². The summed E-state index contributed by atoms with van der Waals surface area (Å²) in [7, 11) is 3.59. The fraction of sp³-hybridized carbons (Fsp3) is 0.900. The van der Waals surface area contributed by atoms with Gasteiger partial charge in [0.1, 0.15) is 11.6 Å². The molecule has 0 aliphatic rings. The summed E-state index contributed by atoms with van der Waals surface area (Å²) < 4.78 is 16.3. The molecular formula is C20H40N2O5. The number of carbonyl (C=O) groups excluding carboxylic acids is 2. The molecule has 0 rings (SSSR count). The van der Waals surface area contributed by atoms with Crippen LogP contribution in [-0.2, 0) is 19.0 Å². The molecule has 160 valence electrons.